The SMILES string of the molecule is CC[C@@H](C(=O)O)N1CCN(CCOC)CC1. The van der Waals surface area contributed by atoms with Crippen LogP contribution >= 0.6 is 0 Å². The zero-order valence-corrected chi connectivity index (χ0v) is 10.2. The molecule has 0 amide bonds. The van der Waals surface area contributed by atoms with Crippen LogP contribution in [-0.2, 0) is 9.53 Å². The van der Waals surface area contributed by atoms with Gasteiger partial charge in [0.05, 0.1) is 6.61 Å². The van der Waals surface area contributed by atoms with Gasteiger partial charge in [0, 0.05) is 39.8 Å². The lowest BCUT2D eigenvalue weighted by molar-refractivity contribution is -0.144. The molecule has 0 saturated carbocycles. The number of carboxylic acid groups (broad SMARTS) is 1. The fourth-order valence-corrected chi connectivity index (χ4v) is 2.11. The van der Waals surface area contributed by atoms with Crippen molar-refractivity contribution in [2.24, 2.45) is 0 Å². The largest absolute Gasteiger partial charge is 0.480 e. The van der Waals surface area contributed by atoms with Crippen molar-refractivity contribution >= 4 is 5.97 Å². The molecule has 0 bridgehead atoms. The number of carbonyl (C=O) groups is 1. The van der Waals surface area contributed by atoms with Gasteiger partial charge in [-0.05, 0) is 6.42 Å². The van der Waals surface area contributed by atoms with Gasteiger partial charge in [-0.15, -0.1) is 0 Å². The molecule has 0 aromatic rings. The minimum absolute atomic E-state index is 0.315. The smallest absolute Gasteiger partial charge is 0.320 e. The van der Waals surface area contributed by atoms with E-state index in [9.17, 15) is 4.79 Å². The second kappa shape index (κ2) is 6.83. The summed E-state index contributed by atoms with van der Waals surface area (Å²) in [6, 6.07) is -0.315. The maximum absolute atomic E-state index is 11.0. The number of aliphatic carboxylic acids is 1. The van der Waals surface area contributed by atoms with Gasteiger partial charge in [0.25, 0.3) is 0 Å². The topological polar surface area (TPSA) is 53.0 Å². The maximum Gasteiger partial charge on any atom is 0.320 e. The Labute approximate surface area is 97.0 Å². The summed E-state index contributed by atoms with van der Waals surface area (Å²) in [7, 11) is 1.70. The minimum atomic E-state index is -0.701. The van der Waals surface area contributed by atoms with Gasteiger partial charge in [-0.25, -0.2) is 0 Å². The molecule has 94 valence electrons. The van der Waals surface area contributed by atoms with E-state index in [2.05, 4.69) is 9.80 Å². The Morgan fingerprint density at radius 3 is 2.44 bits per heavy atom. The predicted molar refractivity (Wildman–Crippen MR) is 61.6 cm³/mol. The van der Waals surface area contributed by atoms with Gasteiger partial charge in [-0.1, -0.05) is 6.92 Å². The highest BCUT2D eigenvalue weighted by molar-refractivity contribution is 5.73. The van der Waals surface area contributed by atoms with Crippen molar-refractivity contribution in [2.75, 3.05) is 46.4 Å². The first-order valence-electron chi connectivity index (χ1n) is 5.87. The highest BCUT2D eigenvalue weighted by Crippen LogP contribution is 2.09. The fourth-order valence-electron chi connectivity index (χ4n) is 2.11. The van der Waals surface area contributed by atoms with Crippen molar-refractivity contribution in [1.29, 1.82) is 0 Å². The molecule has 1 saturated heterocycles. The van der Waals surface area contributed by atoms with Crippen molar-refractivity contribution in [3.63, 3.8) is 0 Å². The molecule has 0 aliphatic carbocycles. The lowest BCUT2D eigenvalue weighted by Gasteiger charge is -2.37. The Kier molecular flexibility index (Phi) is 5.73. The van der Waals surface area contributed by atoms with E-state index >= 15 is 0 Å². The van der Waals surface area contributed by atoms with Gasteiger partial charge in [-0.3, -0.25) is 14.6 Å². The van der Waals surface area contributed by atoms with Crippen LogP contribution in [0.3, 0.4) is 0 Å². The highest BCUT2D eigenvalue weighted by atomic mass is 16.5. The van der Waals surface area contributed by atoms with Gasteiger partial charge in [0.2, 0.25) is 0 Å². The number of hydrogen-bond donors (Lipinski definition) is 1. The number of ether oxygens (including phenoxy) is 1. The molecular weight excluding hydrogens is 208 g/mol. The van der Waals surface area contributed by atoms with E-state index in [0.29, 0.717) is 6.42 Å². The van der Waals surface area contributed by atoms with Crippen LogP contribution < -0.4 is 0 Å². The zero-order valence-electron chi connectivity index (χ0n) is 10.2. The number of piperazine rings is 1. The van der Waals surface area contributed by atoms with E-state index in [0.717, 1.165) is 39.3 Å². The summed E-state index contributed by atoms with van der Waals surface area (Å²) in [5.74, 6) is -0.701. The normalized spacial score (nSPS) is 20.9. The monoisotopic (exact) mass is 230 g/mol. The van der Waals surface area contributed by atoms with Crippen LogP contribution in [-0.4, -0.2) is 73.4 Å². The molecule has 1 N–H and O–H groups in total. The minimum Gasteiger partial charge on any atom is -0.480 e. The van der Waals surface area contributed by atoms with Crippen molar-refractivity contribution in [3.8, 4) is 0 Å². The standard InChI is InChI=1S/C11H22N2O3/c1-3-10(11(14)15)13-6-4-12(5-7-13)8-9-16-2/h10H,3-9H2,1-2H3,(H,14,15)/t10-/m0/s1. The molecular formula is C11H22N2O3. The van der Waals surface area contributed by atoms with E-state index in [4.69, 9.17) is 9.84 Å². The Morgan fingerprint density at radius 2 is 2.00 bits per heavy atom. The Bertz CT molecular complexity index is 215. The van der Waals surface area contributed by atoms with E-state index in [1.54, 1.807) is 7.11 Å². The Morgan fingerprint density at radius 1 is 1.38 bits per heavy atom. The first kappa shape index (κ1) is 13.4. The Balaban J connectivity index is 2.33. The predicted octanol–water partition coefficient (Wildman–Crippen LogP) is 0.114. The maximum atomic E-state index is 11.0. The van der Waals surface area contributed by atoms with Crippen molar-refractivity contribution in [3.05, 3.63) is 0 Å². The van der Waals surface area contributed by atoms with E-state index in [-0.39, 0.29) is 6.04 Å². The van der Waals surface area contributed by atoms with Crippen LogP contribution in [0.15, 0.2) is 0 Å². The van der Waals surface area contributed by atoms with E-state index in [1.165, 1.54) is 0 Å². The lowest BCUT2D eigenvalue weighted by Crippen LogP contribution is -2.52. The van der Waals surface area contributed by atoms with Crippen LogP contribution in [0.4, 0.5) is 0 Å². The summed E-state index contributed by atoms with van der Waals surface area (Å²) < 4.78 is 5.03. The second-order valence-corrected chi connectivity index (χ2v) is 4.13. The average molecular weight is 230 g/mol. The molecule has 1 fully saturated rings. The summed E-state index contributed by atoms with van der Waals surface area (Å²) in [5, 5.41) is 9.06. The van der Waals surface area contributed by atoms with Crippen molar-refractivity contribution < 1.29 is 14.6 Å². The van der Waals surface area contributed by atoms with Crippen molar-refractivity contribution in [2.45, 2.75) is 19.4 Å². The number of hydrogen-bond acceptors (Lipinski definition) is 4. The highest BCUT2D eigenvalue weighted by Gasteiger charge is 2.26. The average Bonchev–Trinajstić information content (AvgIpc) is 2.28. The Hall–Kier alpha value is -0.650. The molecule has 1 rings (SSSR count). The molecule has 16 heavy (non-hydrogen) atoms. The zero-order chi connectivity index (χ0) is 12.0. The molecule has 5 heteroatoms. The third-order valence-corrected chi connectivity index (χ3v) is 3.13. The van der Waals surface area contributed by atoms with Crippen LogP contribution in [0.25, 0.3) is 0 Å². The molecule has 1 aliphatic rings. The number of rotatable bonds is 6. The molecule has 1 aliphatic heterocycles. The summed E-state index contributed by atoms with van der Waals surface area (Å²) in [5.41, 5.74) is 0. The van der Waals surface area contributed by atoms with Crippen LogP contribution in [0.1, 0.15) is 13.3 Å². The number of methoxy groups -OCH3 is 1. The quantitative estimate of drug-likeness (QED) is 0.702. The molecule has 1 heterocycles. The van der Waals surface area contributed by atoms with E-state index < -0.39 is 5.97 Å². The molecule has 0 aromatic carbocycles. The first-order chi connectivity index (χ1) is 7.69. The summed E-state index contributed by atoms with van der Waals surface area (Å²) in [6.45, 7) is 7.17. The van der Waals surface area contributed by atoms with E-state index in [1.807, 2.05) is 6.92 Å². The first-order valence-corrected chi connectivity index (χ1v) is 5.87. The molecule has 0 spiro atoms. The van der Waals surface area contributed by atoms with Gasteiger partial charge in [0.15, 0.2) is 0 Å². The third-order valence-electron chi connectivity index (χ3n) is 3.13. The van der Waals surface area contributed by atoms with Gasteiger partial charge >= 0.3 is 5.97 Å². The molecule has 0 radical (unpaired) electrons. The molecule has 0 unspecified atom stereocenters. The lowest BCUT2D eigenvalue weighted by atomic mass is 10.1. The summed E-state index contributed by atoms with van der Waals surface area (Å²) in [6.07, 6.45) is 0.674. The molecule has 0 aromatic heterocycles. The third kappa shape index (κ3) is 3.73. The fraction of sp³-hybridized carbons (Fsp3) is 0.909. The summed E-state index contributed by atoms with van der Waals surface area (Å²) in [4.78, 5) is 15.4. The molecule has 1 atom stereocenters. The van der Waals surface area contributed by atoms with Crippen LogP contribution in [0, 0.1) is 0 Å². The number of carboxylic acids is 1. The van der Waals surface area contributed by atoms with Crippen molar-refractivity contribution in [1.82, 2.24) is 9.80 Å². The summed E-state index contributed by atoms with van der Waals surface area (Å²) >= 11 is 0. The van der Waals surface area contributed by atoms with Crippen LogP contribution in [0.5, 0.6) is 0 Å². The van der Waals surface area contributed by atoms with Gasteiger partial charge in [-0.2, -0.15) is 0 Å². The molecule has 5 nitrogen and oxygen atoms in total. The van der Waals surface area contributed by atoms with Gasteiger partial charge < -0.3 is 9.84 Å². The van der Waals surface area contributed by atoms with Crippen LogP contribution in [0.2, 0.25) is 0 Å². The number of nitrogens with zero attached hydrogens (tertiary/aromatic N) is 2. The second-order valence-electron chi connectivity index (χ2n) is 4.13. The van der Waals surface area contributed by atoms with Gasteiger partial charge in [0.1, 0.15) is 6.04 Å².